The Balaban J connectivity index is 1.66. The van der Waals surface area contributed by atoms with Crippen LogP contribution in [-0.2, 0) is 4.74 Å². The average Bonchev–Trinajstić information content (AvgIpc) is 3.25. The quantitative estimate of drug-likeness (QED) is 0.672. The van der Waals surface area contributed by atoms with Crippen molar-refractivity contribution in [1.29, 1.82) is 0 Å². The third-order valence-corrected chi connectivity index (χ3v) is 4.45. The normalized spacial score (nSPS) is 26.2. The zero-order valence-electron chi connectivity index (χ0n) is 10.9. The number of hydrogen-bond acceptors (Lipinski definition) is 5. The summed E-state index contributed by atoms with van der Waals surface area (Å²) in [5.41, 5.74) is -0.00902. The van der Waals surface area contributed by atoms with E-state index in [0.717, 1.165) is 25.4 Å². The van der Waals surface area contributed by atoms with Crippen LogP contribution in [0.2, 0.25) is 0 Å². The molecule has 1 N–H and O–H groups in total. The van der Waals surface area contributed by atoms with E-state index in [1.807, 2.05) is 0 Å². The van der Waals surface area contributed by atoms with Gasteiger partial charge in [0.15, 0.2) is 0 Å². The Hall–Kier alpha value is -1.21. The lowest BCUT2D eigenvalue weighted by Crippen LogP contribution is -2.35. The van der Waals surface area contributed by atoms with Gasteiger partial charge in [-0.1, -0.05) is 0 Å². The Morgan fingerprint density at radius 1 is 1.45 bits per heavy atom. The van der Waals surface area contributed by atoms with Crippen LogP contribution in [0.3, 0.4) is 0 Å². The van der Waals surface area contributed by atoms with E-state index in [1.54, 1.807) is 0 Å². The Morgan fingerprint density at radius 3 is 2.90 bits per heavy atom. The van der Waals surface area contributed by atoms with E-state index in [-0.39, 0.29) is 5.69 Å². The highest BCUT2D eigenvalue weighted by Gasteiger charge is 2.36. The summed E-state index contributed by atoms with van der Waals surface area (Å²) in [7, 11) is 0. The molecule has 2 heterocycles. The summed E-state index contributed by atoms with van der Waals surface area (Å²) in [5, 5.41) is 14.1. The van der Waals surface area contributed by atoms with Crippen molar-refractivity contribution in [2.24, 2.45) is 5.92 Å². The van der Waals surface area contributed by atoms with Crippen LogP contribution in [0.15, 0.2) is 16.7 Å². The Morgan fingerprint density at radius 2 is 2.25 bits per heavy atom. The molecule has 1 aliphatic heterocycles. The number of aromatic nitrogens is 1. The van der Waals surface area contributed by atoms with Gasteiger partial charge in [-0.2, -0.15) is 0 Å². The lowest BCUT2D eigenvalue weighted by molar-refractivity contribution is -0.385. The SMILES string of the molecule is O=[N+]([O-])c1cnc(NC2CCOC(C3CC3)C2)c(Br)c1. The maximum atomic E-state index is 10.7. The predicted octanol–water partition coefficient (Wildman–Crippen LogP) is 3.12. The molecule has 0 bridgehead atoms. The van der Waals surface area contributed by atoms with Gasteiger partial charge in [-0.25, -0.2) is 4.98 Å². The molecule has 2 atom stereocenters. The van der Waals surface area contributed by atoms with Gasteiger partial charge in [-0.05, 0) is 47.5 Å². The number of nitro groups is 1. The molecule has 1 aromatic rings. The second-order valence-electron chi connectivity index (χ2n) is 5.39. The fraction of sp³-hybridized carbons (Fsp3) is 0.615. The van der Waals surface area contributed by atoms with Crippen LogP contribution in [0.5, 0.6) is 0 Å². The molecule has 2 aliphatic rings. The molecule has 0 spiro atoms. The predicted molar refractivity (Wildman–Crippen MR) is 77.7 cm³/mol. The molecule has 7 heteroatoms. The number of rotatable bonds is 4. The number of anilines is 1. The van der Waals surface area contributed by atoms with Crippen molar-refractivity contribution in [3.8, 4) is 0 Å². The van der Waals surface area contributed by atoms with Gasteiger partial charge in [0.25, 0.3) is 5.69 Å². The number of nitrogens with zero attached hydrogens (tertiary/aromatic N) is 2. The highest BCUT2D eigenvalue weighted by Crippen LogP contribution is 2.38. The van der Waals surface area contributed by atoms with Crippen molar-refractivity contribution in [2.45, 2.75) is 37.8 Å². The minimum Gasteiger partial charge on any atom is -0.378 e. The zero-order valence-corrected chi connectivity index (χ0v) is 12.5. The van der Waals surface area contributed by atoms with E-state index in [9.17, 15) is 10.1 Å². The molecule has 0 amide bonds. The Kier molecular flexibility index (Phi) is 3.89. The number of pyridine rings is 1. The highest BCUT2D eigenvalue weighted by atomic mass is 79.9. The minimum atomic E-state index is -0.445. The van der Waals surface area contributed by atoms with Crippen LogP contribution in [0.1, 0.15) is 25.7 Å². The van der Waals surface area contributed by atoms with Crippen LogP contribution in [-0.4, -0.2) is 28.7 Å². The molecule has 1 saturated heterocycles. The molecular formula is C13H16BrN3O3. The van der Waals surface area contributed by atoms with Crippen molar-refractivity contribution in [3.05, 3.63) is 26.9 Å². The van der Waals surface area contributed by atoms with Crippen molar-refractivity contribution in [1.82, 2.24) is 4.98 Å². The summed E-state index contributed by atoms with van der Waals surface area (Å²) in [5.74, 6) is 1.39. The van der Waals surface area contributed by atoms with Gasteiger partial charge in [0, 0.05) is 18.7 Å². The fourth-order valence-electron chi connectivity index (χ4n) is 2.58. The van der Waals surface area contributed by atoms with Gasteiger partial charge >= 0.3 is 0 Å². The maximum absolute atomic E-state index is 10.7. The lowest BCUT2D eigenvalue weighted by atomic mass is 10.00. The molecule has 1 saturated carbocycles. The summed E-state index contributed by atoms with van der Waals surface area (Å²) < 4.78 is 6.42. The van der Waals surface area contributed by atoms with E-state index in [1.165, 1.54) is 25.1 Å². The Labute approximate surface area is 125 Å². The second-order valence-corrected chi connectivity index (χ2v) is 6.25. The lowest BCUT2D eigenvalue weighted by Gasteiger charge is -2.30. The van der Waals surface area contributed by atoms with Crippen LogP contribution >= 0.6 is 15.9 Å². The molecule has 0 radical (unpaired) electrons. The first-order valence-corrected chi connectivity index (χ1v) is 7.61. The third kappa shape index (κ3) is 3.09. The van der Waals surface area contributed by atoms with E-state index < -0.39 is 4.92 Å². The van der Waals surface area contributed by atoms with Crippen molar-refractivity contribution in [3.63, 3.8) is 0 Å². The number of ether oxygens (including phenoxy) is 1. The number of halogens is 1. The maximum Gasteiger partial charge on any atom is 0.288 e. The highest BCUT2D eigenvalue weighted by molar-refractivity contribution is 9.10. The number of nitrogens with one attached hydrogen (secondary N) is 1. The fourth-order valence-corrected chi connectivity index (χ4v) is 3.03. The van der Waals surface area contributed by atoms with Gasteiger partial charge in [0.05, 0.1) is 15.5 Å². The topological polar surface area (TPSA) is 77.3 Å². The van der Waals surface area contributed by atoms with Crippen molar-refractivity contribution < 1.29 is 9.66 Å². The molecule has 1 aromatic heterocycles. The molecule has 108 valence electrons. The zero-order chi connectivity index (χ0) is 14.1. The summed E-state index contributed by atoms with van der Waals surface area (Å²) >= 11 is 3.34. The smallest absolute Gasteiger partial charge is 0.288 e. The van der Waals surface area contributed by atoms with Crippen molar-refractivity contribution in [2.75, 3.05) is 11.9 Å². The summed E-state index contributed by atoms with van der Waals surface area (Å²) in [6.45, 7) is 0.767. The summed E-state index contributed by atoms with van der Waals surface area (Å²) in [6, 6.07) is 1.80. The average molecular weight is 342 g/mol. The van der Waals surface area contributed by atoms with Gasteiger partial charge in [0.1, 0.15) is 12.0 Å². The first kappa shape index (κ1) is 13.8. The number of hydrogen-bond donors (Lipinski definition) is 1. The molecule has 2 unspecified atom stereocenters. The minimum absolute atomic E-state index is 0.00902. The van der Waals surface area contributed by atoms with Crippen LogP contribution in [0, 0.1) is 16.0 Å². The monoisotopic (exact) mass is 341 g/mol. The summed E-state index contributed by atoms with van der Waals surface area (Å²) in [4.78, 5) is 14.4. The standard InChI is InChI=1S/C13H16BrN3O3/c14-11-6-10(17(18)19)7-15-13(11)16-9-3-4-20-12(5-9)8-1-2-8/h6-9,12H,1-5H2,(H,15,16). The van der Waals surface area contributed by atoms with E-state index in [4.69, 9.17) is 4.74 Å². The van der Waals surface area contributed by atoms with E-state index in [2.05, 4.69) is 26.2 Å². The van der Waals surface area contributed by atoms with Gasteiger partial charge < -0.3 is 10.1 Å². The van der Waals surface area contributed by atoms with Crippen LogP contribution in [0.4, 0.5) is 11.5 Å². The molecule has 1 aliphatic carbocycles. The molecule has 2 fully saturated rings. The second kappa shape index (κ2) is 5.65. The van der Waals surface area contributed by atoms with Crippen molar-refractivity contribution >= 4 is 27.4 Å². The Bertz CT molecular complexity index is 522. The summed E-state index contributed by atoms with van der Waals surface area (Å²) in [6.07, 6.45) is 6.11. The third-order valence-electron chi connectivity index (χ3n) is 3.84. The van der Waals surface area contributed by atoms with Gasteiger partial charge in [0.2, 0.25) is 0 Å². The first-order chi connectivity index (χ1) is 9.63. The largest absolute Gasteiger partial charge is 0.378 e. The van der Waals surface area contributed by atoms with E-state index >= 15 is 0 Å². The van der Waals surface area contributed by atoms with E-state index in [0.29, 0.717) is 22.4 Å². The molecular weight excluding hydrogens is 326 g/mol. The van der Waals surface area contributed by atoms with Crippen LogP contribution in [0.25, 0.3) is 0 Å². The first-order valence-electron chi connectivity index (χ1n) is 6.81. The molecule has 6 nitrogen and oxygen atoms in total. The molecule has 20 heavy (non-hydrogen) atoms. The van der Waals surface area contributed by atoms with Crippen LogP contribution < -0.4 is 5.32 Å². The molecule has 3 rings (SSSR count). The van der Waals surface area contributed by atoms with Gasteiger partial charge in [-0.15, -0.1) is 0 Å². The molecule has 0 aromatic carbocycles. The van der Waals surface area contributed by atoms with Gasteiger partial charge in [-0.3, -0.25) is 10.1 Å².